The summed E-state index contributed by atoms with van der Waals surface area (Å²) in [4.78, 5) is 14.0. The van der Waals surface area contributed by atoms with Crippen LogP contribution >= 0.6 is 0 Å². The molecule has 0 radical (unpaired) electrons. The molecule has 0 fully saturated rings. The molecular weight excluding hydrogens is 256 g/mol. The lowest BCUT2D eigenvalue weighted by Crippen LogP contribution is -1.99. The monoisotopic (exact) mass is 264 g/mol. The van der Waals surface area contributed by atoms with E-state index in [0.717, 1.165) is 11.5 Å². The van der Waals surface area contributed by atoms with Crippen LogP contribution in [0.2, 0.25) is 0 Å². The minimum atomic E-state index is -3.65. The molecule has 18 heavy (non-hydrogen) atoms. The van der Waals surface area contributed by atoms with E-state index in [4.69, 9.17) is 0 Å². The van der Waals surface area contributed by atoms with E-state index in [9.17, 15) is 18.5 Å². The van der Waals surface area contributed by atoms with Crippen molar-refractivity contribution < 1.29 is 13.3 Å². The highest BCUT2D eigenvalue weighted by atomic mass is 32.2. The van der Waals surface area contributed by atoms with Crippen molar-refractivity contribution >= 4 is 26.3 Å². The van der Waals surface area contributed by atoms with Crippen molar-refractivity contribution in [1.29, 1.82) is 0 Å². The quantitative estimate of drug-likeness (QED) is 0.625. The summed E-state index contributed by atoms with van der Waals surface area (Å²) >= 11 is 0. The van der Waals surface area contributed by atoms with Crippen LogP contribution in [0.1, 0.15) is 0 Å². The number of rotatable bonds is 3. The number of fused-ring (bicyclic) bond motifs is 1. The molecule has 0 N–H and O–H groups in total. The van der Waals surface area contributed by atoms with Gasteiger partial charge in [0, 0.05) is 29.3 Å². The van der Waals surface area contributed by atoms with Gasteiger partial charge in [0.15, 0.2) is 9.84 Å². The molecular formula is C11H8N2O4S. The first-order valence-corrected chi connectivity index (χ1v) is 6.40. The average molecular weight is 264 g/mol. The maximum absolute atomic E-state index is 11.8. The Bertz CT molecular complexity index is 753. The van der Waals surface area contributed by atoms with Gasteiger partial charge in [0.05, 0.1) is 15.2 Å². The molecule has 92 valence electrons. The number of pyridine rings is 1. The van der Waals surface area contributed by atoms with Gasteiger partial charge in [-0.15, -0.1) is 0 Å². The molecule has 0 aliphatic carbocycles. The van der Waals surface area contributed by atoms with E-state index in [0.29, 0.717) is 0 Å². The smallest absolute Gasteiger partial charge is 0.264 e. The molecule has 0 atom stereocenters. The Kier molecular flexibility index (Phi) is 2.84. The van der Waals surface area contributed by atoms with Gasteiger partial charge >= 0.3 is 0 Å². The summed E-state index contributed by atoms with van der Waals surface area (Å²) in [7, 11) is -3.65. The number of nitro benzene ring substituents is 1. The molecule has 7 heteroatoms. The molecule has 0 unspecified atom stereocenters. The fourth-order valence-electron chi connectivity index (χ4n) is 1.64. The number of nitrogens with zero attached hydrogens (tertiary/aromatic N) is 2. The summed E-state index contributed by atoms with van der Waals surface area (Å²) in [5.41, 5.74) is -0.180. The Morgan fingerprint density at radius 3 is 2.61 bits per heavy atom. The van der Waals surface area contributed by atoms with E-state index < -0.39 is 14.8 Å². The lowest BCUT2D eigenvalue weighted by Gasteiger charge is -2.04. The van der Waals surface area contributed by atoms with Crippen molar-refractivity contribution in [3.63, 3.8) is 0 Å². The molecule has 6 nitrogen and oxygen atoms in total. The third-order valence-corrected chi connectivity index (χ3v) is 3.89. The van der Waals surface area contributed by atoms with E-state index >= 15 is 0 Å². The summed E-state index contributed by atoms with van der Waals surface area (Å²) in [6.45, 7) is 3.24. The van der Waals surface area contributed by atoms with Gasteiger partial charge in [0.2, 0.25) is 0 Å². The van der Waals surface area contributed by atoms with Crippen LogP contribution in [0.15, 0.2) is 47.5 Å². The second-order valence-corrected chi connectivity index (χ2v) is 5.34. The first kappa shape index (κ1) is 12.2. The Balaban J connectivity index is 2.94. The van der Waals surface area contributed by atoms with Crippen molar-refractivity contribution in [2.75, 3.05) is 0 Å². The van der Waals surface area contributed by atoms with Gasteiger partial charge in [-0.2, -0.15) is 0 Å². The summed E-state index contributed by atoms with van der Waals surface area (Å²) in [5, 5.41) is 12.1. The van der Waals surface area contributed by atoms with Crippen molar-refractivity contribution in [3.8, 4) is 0 Å². The van der Waals surface area contributed by atoms with Crippen LogP contribution in [0.3, 0.4) is 0 Å². The Hall–Kier alpha value is -2.28. The molecule has 2 aromatic rings. The van der Waals surface area contributed by atoms with Crippen LogP contribution in [0.5, 0.6) is 0 Å². The molecule has 2 rings (SSSR count). The Morgan fingerprint density at radius 1 is 1.28 bits per heavy atom. The first-order valence-electron chi connectivity index (χ1n) is 4.86. The maximum Gasteiger partial charge on any atom is 0.278 e. The minimum absolute atomic E-state index is 0.0134. The average Bonchev–Trinajstić information content (AvgIpc) is 2.37. The number of hydrogen-bond donors (Lipinski definition) is 0. The standard InChI is InChI=1S/C11H8N2O4S/c1-2-18(16,17)11-4-3-10(13(14)15)9-7-12-6-5-8(9)11/h2-7H,1H2. The summed E-state index contributed by atoms with van der Waals surface area (Å²) < 4.78 is 23.6. The van der Waals surface area contributed by atoms with Crippen molar-refractivity contribution in [2.24, 2.45) is 0 Å². The summed E-state index contributed by atoms with van der Waals surface area (Å²) in [6.07, 6.45) is 2.66. The van der Waals surface area contributed by atoms with Gasteiger partial charge in [0.1, 0.15) is 0 Å². The van der Waals surface area contributed by atoms with Crippen molar-refractivity contribution in [1.82, 2.24) is 4.98 Å². The van der Waals surface area contributed by atoms with E-state index in [-0.39, 0.29) is 21.4 Å². The second-order valence-electron chi connectivity index (χ2n) is 3.47. The van der Waals surface area contributed by atoms with Gasteiger partial charge in [0.25, 0.3) is 5.69 Å². The highest BCUT2D eigenvalue weighted by Crippen LogP contribution is 2.30. The van der Waals surface area contributed by atoms with Gasteiger partial charge in [-0.25, -0.2) is 8.42 Å². The van der Waals surface area contributed by atoms with E-state index in [1.807, 2.05) is 0 Å². The number of non-ortho nitro benzene ring substituents is 1. The van der Waals surface area contributed by atoms with Crippen molar-refractivity contribution in [2.45, 2.75) is 4.90 Å². The normalized spacial score (nSPS) is 11.3. The molecule has 0 aliphatic heterocycles. The fraction of sp³-hybridized carbons (Fsp3) is 0. The molecule has 0 amide bonds. The predicted octanol–water partition coefficient (Wildman–Crippen LogP) is 2.06. The number of sulfone groups is 1. The number of nitro groups is 1. The molecule has 0 spiro atoms. The number of hydrogen-bond acceptors (Lipinski definition) is 5. The predicted molar refractivity (Wildman–Crippen MR) is 65.8 cm³/mol. The summed E-state index contributed by atoms with van der Waals surface area (Å²) in [5.74, 6) is 0. The van der Waals surface area contributed by atoms with Crippen LogP contribution in [-0.4, -0.2) is 18.3 Å². The highest BCUT2D eigenvalue weighted by Gasteiger charge is 2.19. The van der Waals surface area contributed by atoms with Crippen LogP contribution in [0.4, 0.5) is 5.69 Å². The number of benzene rings is 1. The van der Waals surface area contributed by atoms with E-state index in [1.54, 1.807) is 0 Å². The second kappa shape index (κ2) is 4.19. The molecule has 0 aliphatic rings. The van der Waals surface area contributed by atoms with Crippen LogP contribution in [0.25, 0.3) is 10.8 Å². The number of aromatic nitrogens is 1. The zero-order valence-electron chi connectivity index (χ0n) is 9.11. The van der Waals surface area contributed by atoms with E-state index in [1.165, 1.54) is 24.5 Å². The lowest BCUT2D eigenvalue weighted by molar-refractivity contribution is -0.383. The fourth-order valence-corrected chi connectivity index (χ4v) is 2.57. The minimum Gasteiger partial charge on any atom is -0.264 e. The molecule has 0 saturated carbocycles. The highest BCUT2D eigenvalue weighted by molar-refractivity contribution is 7.94. The van der Waals surface area contributed by atoms with Crippen molar-refractivity contribution in [3.05, 3.63) is 52.7 Å². The van der Waals surface area contributed by atoms with Gasteiger partial charge in [-0.05, 0) is 12.1 Å². The largest absolute Gasteiger partial charge is 0.278 e. The Labute approximate surface area is 103 Å². The van der Waals surface area contributed by atoms with Crippen LogP contribution in [0, 0.1) is 10.1 Å². The third-order valence-electron chi connectivity index (χ3n) is 2.48. The molecule has 0 saturated heterocycles. The van der Waals surface area contributed by atoms with Gasteiger partial charge in [-0.3, -0.25) is 15.1 Å². The molecule has 1 heterocycles. The van der Waals surface area contributed by atoms with Crippen LogP contribution in [-0.2, 0) is 9.84 Å². The SMILES string of the molecule is C=CS(=O)(=O)c1ccc([N+](=O)[O-])c2cnccc12. The Morgan fingerprint density at radius 2 is 2.00 bits per heavy atom. The zero-order valence-corrected chi connectivity index (χ0v) is 9.92. The van der Waals surface area contributed by atoms with E-state index in [2.05, 4.69) is 11.6 Å². The zero-order chi connectivity index (χ0) is 13.3. The topological polar surface area (TPSA) is 90.2 Å². The van der Waals surface area contributed by atoms with Gasteiger partial charge in [-0.1, -0.05) is 6.58 Å². The lowest BCUT2D eigenvalue weighted by atomic mass is 10.1. The third kappa shape index (κ3) is 1.84. The van der Waals surface area contributed by atoms with Crippen LogP contribution < -0.4 is 0 Å². The summed E-state index contributed by atoms with van der Waals surface area (Å²) in [6, 6.07) is 3.79. The molecule has 1 aromatic heterocycles. The molecule has 0 bridgehead atoms. The maximum atomic E-state index is 11.8. The molecule has 1 aromatic carbocycles. The van der Waals surface area contributed by atoms with Gasteiger partial charge < -0.3 is 0 Å². The first-order chi connectivity index (χ1) is 8.47.